The highest BCUT2D eigenvalue weighted by atomic mass is 16.5. The van der Waals surface area contributed by atoms with E-state index in [4.69, 9.17) is 10.5 Å². The molecule has 1 heterocycles. The van der Waals surface area contributed by atoms with Crippen molar-refractivity contribution >= 4 is 17.1 Å². The number of rotatable bonds is 1. The molecule has 1 aromatic rings. The van der Waals surface area contributed by atoms with Crippen molar-refractivity contribution in [2.24, 2.45) is 4.99 Å². The van der Waals surface area contributed by atoms with Gasteiger partial charge in [0.25, 0.3) is 0 Å². The van der Waals surface area contributed by atoms with Crippen LogP contribution in [0.4, 0.5) is 11.4 Å². The lowest BCUT2D eigenvalue weighted by molar-refractivity contribution is 0.416. The van der Waals surface area contributed by atoms with Crippen LogP contribution in [-0.4, -0.2) is 12.8 Å². The Bertz CT molecular complexity index is 383. The molecule has 0 saturated carbocycles. The van der Waals surface area contributed by atoms with E-state index in [1.807, 2.05) is 13.0 Å². The van der Waals surface area contributed by atoms with E-state index >= 15 is 0 Å². The van der Waals surface area contributed by atoms with E-state index < -0.39 is 0 Å². The fourth-order valence-electron chi connectivity index (χ4n) is 1.61. The summed E-state index contributed by atoms with van der Waals surface area (Å²) in [5, 5.41) is 0. The number of aliphatic imine (C=N–C) groups is 1. The number of hydrogen-bond donors (Lipinski definition) is 1. The van der Waals surface area contributed by atoms with Crippen LogP contribution in [0.25, 0.3) is 0 Å². The molecular weight excluding hydrogens is 164 g/mol. The maximum absolute atomic E-state index is 5.72. The molecular formula is C10H12N2O. The van der Waals surface area contributed by atoms with E-state index in [9.17, 15) is 0 Å². The molecule has 3 heteroatoms. The van der Waals surface area contributed by atoms with E-state index in [1.54, 1.807) is 13.2 Å². The van der Waals surface area contributed by atoms with Crippen molar-refractivity contribution in [3.63, 3.8) is 0 Å². The van der Waals surface area contributed by atoms with Crippen molar-refractivity contribution in [3.05, 3.63) is 17.7 Å². The summed E-state index contributed by atoms with van der Waals surface area (Å²) >= 11 is 0. The highest BCUT2D eigenvalue weighted by Crippen LogP contribution is 2.38. The van der Waals surface area contributed by atoms with Gasteiger partial charge in [-0.2, -0.15) is 0 Å². The van der Waals surface area contributed by atoms with Gasteiger partial charge in [-0.1, -0.05) is 0 Å². The second kappa shape index (κ2) is 2.76. The van der Waals surface area contributed by atoms with Gasteiger partial charge in [0.2, 0.25) is 0 Å². The molecule has 0 radical (unpaired) electrons. The van der Waals surface area contributed by atoms with Gasteiger partial charge >= 0.3 is 0 Å². The number of anilines is 1. The van der Waals surface area contributed by atoms with Crippen LogP contribution >= 0.6 is 0 Å². The van der Waals surface area contributed by atoms with Crippen LogP contribution < -0.4 is 10.5 Å². The molecule has 0 unspecified atom stereocenters. The summed E-state index contributed by atoms with van der Waals surface area (Å²) in [6.07, 6.45) is 0.886. The molecule has 1 aromatic carbocycles. The van der Waals surface area contributed by atoms with Crippen molar-refractivity contribution in [2.75, 3.05) is 12.8 Å². The Morgan fingerprint density at radius 1 is 1.46 bits per heavy atom. The van der Waals surface area contributed by atoms with E-state index in [0.29, 0.717) is 0 Å². The minimum absolute atomic E-state index is 0.737. The quantitative estimate of drug-likeness (QED) is 0.664. The Morgan fingerprint density at radius 2 is 2.23 bits per heavy atom. The normalized spacial score (nSPS) is 13.8. The van der Waals surface area contributed by atoms with E-state index in [2.05, 4.69) is 4.99 Å². The molecule has 0 fully saturated rings. The maximum Gasteiger partial charge on any atom is 0.146 e. The molecule has 0 amide bonds. The summed E-state index contributed by atoms with van der Waals surface area (Å²) in [7, 11) is 1.64. The van der Waals surface area contributed by atoms with Gasteiger partial charge in [-0.25, -0.2) is 0 Å². The molecule has 1 aliphatic heterocycles. The lowest BCUT2D eigenvalue weighted by Crippen LogP contribution is -1.92. The van der Waals surface area contributed by atoms with Crippen molar-refractivity contribution in [1.29, 1.82) is 0 Å². The second-order valence-corrected chi connectivity index (χ2v) is 3.25. The van der Waals surface area contributed by atoms with Crippen LogP contribution in [0.15, 0.2) is 17.1 Å². The molecule has 0 atom stereocenters. The Labute approximate surface area is 77.2 Å². The molecule has 0 aliphatic carbocycles. The van der Waals surface area contributed by atoms with Crippen LogP contribution in [0, 0.1) is 0 Å². The minimum atomic E-state index is 0.737. The van der Waals surface area contributed by atoms with Crippen LogP contribution in [0.1, 0.15) is 12.5 Å². The third-order valence-electron chi connectivity index (χ3n) is 2.15. The molecule has 0 bridgehead atoms. The predicted molar refractivity (Wildman–Crippen MR) is 53.9 cm³/mol. The number of nitrogens with two attached hydrogens (primary N) is 1. The van der Waals surface area contributed by atoms with Gasteiger partial charge < -0.3 is 10.5 Å². The van der Waals surface area contributed by atoms with Gasteiger partial charge in [-0.3, -0.25) is 4.99 Å². The molecule has 0 saturated heterocycles. The molecule has 68 valence electrons. The van der Waals surface area contributed by atoms with Crippen molar-refractivity contribution in [1.82, 2.24) is 0 Å². The fourth-order valence-corrected chi connectivity index (χ4v) is 1.61. The number of nitrogens with zero attached hydrogens (tertiary/aromatic N) is 1. The second-order valence-electron chi connectivity index (χ2n) is 3.25. The SMILES string of the molecule is COc1cc(N)cc2c1N=C(C)C2. The predicted octanol–water partition coefficient (Wildman–Crippen LogP) is 1.93. The first-order chi connectivity index (χ1) is 6.20. The zero-order chi connectivity index (χ0) is 9.42. The topological polar surface area (TPSA) is 47.6 Å². The Morgan fingerprint density at radius 3 is 2.92 bits per heavy atom. The highest BCUT2D eigenvalue weighted by molar-refractivity contribution is 5.94. The summed E-state index contributed by atoms with van der Waals surface area (Å²) in [6.45, 7) is 2.01. The summed E-state index contributed by atoms with van der Waals surface area (Å²) in [4.78, 5) is 4.40. The zero-order valence-corrected chi connectivity index (χ0v) is 7.79. The first kappa shape index (κ1) is 8.10. The van der Waals surface area contributed by atoms with Gasteiger partial charge in [0.05, 0.1) is 7.11 Å². The highest BCUT2D eigenvalue weighted by Gasteiger charge is 2.16. The van der Waals surface area contributed by atoms with Gasteiger partial charge in [0.15, 0.2) is 0 Å². The standard InChI is InChI=1S/C10H12N2O/c1-6-3-7-4-8(11)5-9(13-2)10(7)12-6/h4-5H,3,11H2,1-2H3. The maximum atomic E-state index is 5.72. The minimum Gasteiger partial charge on any atom is -0.494 e. The first-order valence-corrected chi connectivity index (χ1v) is 4.21. The van der Waals surface area contributed by atoms with E-state index in [-0.39, 0.29) is 0 Å². The van der Waals surface area contributed by atoms with Gasteiger partial charge in [0.1, 0.15) is 11.4 Å². The van der Waals surface area contributed by atoms with Gasteiger partial charge in [-0.15, -0.1) is 0 Å². The number of methoxy groups -OCH3 is 1. The summed E-state index contributed by atoms with van der Waals surface area (Å²) < 4.78 is 5.20. The third-order valence-corrected chi connectivity index (χ3v) is 2.15. The number of fused-ring (bicyclic) bond motifs is 1. The third kappa shape index (κ3) is 1.26. The van der Waals surface area contributed by atoms with E-state index in [0.717, 1.165) is 34.8 Å². The van der Waals surface area contributed by atoms with Crippen LogP contribution in [0.5, 0.6) is 5.75 Å². The van der Waals surface area contributed by atoms with Crippen molar-refractivity contribution in [3.8, 4) is 5.75 Å². The van der Waals surface area contributed by atoms with Crippen LogP contribution in [0.3, 0.4) is 0 Å². The largest absolute Gasteiger partial charge is 0.494 e. The van der Waals surface area contributed by atoms with Crippen molar-refractivity contribution < 1.29 is 4.74 Å². The Kier molecular flexibility index (Phi) is 1.72. The first-order valence-electron chi connectivity index (χ1n) is 4.21. The lowest BCUT2D eigenvalue weighted by Gasteiger charge is -2.06. The van der Waals surface area contributed by atoms with Gasteiger partial charge in [0, 0.05) is 23.9 Å². The molecule has 13 heavy (non-hydrogen) atoms. The average molecular weight is 176 g/mol. The monoisotopic (exact) mass is 176 g/mol. The van der Waals surface area contributed by atoms with Crippen LogP contribution in [0.2, 0.25) is 0 Å². The van der Waals surface area contributed by atoms with Crippen LogP contribution in [-0.2, 0) is 6.42 Å². The Hall–Kier alpha value is -1.51. The number of benzene rings is 1. The molecule has 0 aromatic heterocycles. The van der Waals surface area contributed by atoms with Crippen molar-refractivity contribution in [2.45, 2.75) is 13.3 Å². The number of hydrogen-bond acceptors (Lipinski definition) is 3. The molecule has 2 rings (SSSR count). The Balaban J connectivity index is 2.58. The summed E-state index contributed by atoms with van der Waals surface area (Å²) in [5.74, 6) is 0.770. The van der Waals surface area contributed by atoms with Gasteiger partial charge in [-0.05, 0) is 18.6 Å². The molecule has 0 spiro atoms. The lowest BCUT2D eigenvalue weighted by atomic mass is 10.1. The molecule has 1 aliphatic rings. The van der Waals surface area contributed by atoms with E-state index in [1.165, 1.54) is 0 Å². The smallest absolute Gasteiger partial charge is 0.146 e. The fraction of sp³-hybridized carbons (Fsp3) is 0.300. The zero-order valence-electron chi connectivity index (χ0n) is 7.79. The molecule has 2 N–H and O–H groups in total. The number of ether oxygens (including phenoxy) is 1. The summed E-state index contributed by atoms with van der Waals surface area (Å²) in [5.41, 5.74) is 9.67. The number of nitrogen functional groups attached to an aromatic ring is 1. The average Bonchev–Trinajstić information content (AvgIpc) is 2.43. The summed E-state index contributed by atoms with van der Waals surface area (Å²) in [6, 6.07) is 3.76. The molecule has 3 nitrogen and oxygen atoms in total.